The van der Waals surface area contributed by atoms with Gasteiger partial charge < -0.3 is 5.73 Å². The van der Waals surface area contributed by atoms with E-state index < -0.39 is 0 Å². The fourth-order valence-corrected chi connectivity index (χ4v) is 1.40. The van der Waals surface area contributed by atoms with Gasteiger partial charge in [-0.2, -0.15) is 10.2 Å². The number of hydrogen-bond acceptors (Lipinski definition) is 4. The first kappa shape index (κ1) is 19.8. The third kappa shape index (κ3) is 5.70. The predicted molar refractivity (Wildman–Crippen MR) is 103 cm³/mol. The number of halogens is 1. The molecule has 0 aliphatic carbocycles. The zero-order chi connectivity index (χ0) is 17.8. The number of aromatic nitrogens is 4. The molecule has 2 heterocycles. The highest BCUT2D eigenvalue weighted by Gasteiger charge is 2.21. The number of pyridine rings is 1. The smallest absolute Gasteiger partial charge is 0.193 e. The van der Waals surface area contributed by atoms with Crippen molar-refractivity contribution in [3.63, 3.8) is 0 Å². The quantitative estimate of drug-likeness (QED) is 0.883. The Morgan fingerprint density at radius 1 is 1.22 bits per heavy atom. The number of anilines is 1. The summed E-state index contributed by atoms with van der Waals surface area (Å²) in [5.41, 5.74) is 6.95. The van der Waals surface area contributed by atoms with Gasteiger partial charge in [0.1, 0.15) is 0 Å². The van der Waals surface area contributed by atoms with Gasteiger partial charge in [-0.05, 0) is 36.0 Å². The Bertz CT molecular complexity index is 629. The Morgan fingerprint density at radius 2 is 1.78 bits per heavy atom. The maximum Gasteiger partial charge on any atom is 0.193 e. The van der Waals surface area contributed by atoms with Crippen LogP contribution in [0.4, 0.5) is 5.69 Å². The highest BCUT2D eigenvalue weighted by atomic mass is 35.5. The molecule has 0 amide bonds. The SMILES string of the molecule is CC(C)(C)S(C)(C)C.CCc1cnn(-c2ncc(N)cc2Cl)n1. The molecule has 0 aliphatic heterocycles. The highest BCUT2D eigenvalue weighted by Crippen LogP contribution is 2.48. The standard InChI is InChI=1S/C9H10ClN5.C7H18S/c1-2-7-5-13-15(14-7)9-8(10)3-6(11)4-12-9;1-7(2,3)8(4,5)6/h3-5H,2,11H2,1H3;1-6H3. The van der Waals surface area contributed by atoms with Crippen molar-refractivity contribution in [1.82, 2.24) is 20.0 Å². The van der Waals surface area contributed by atoms with E-state index in [1.165, 1.54) is 11.0 Å². The van der Waals surface area contributed by atoms with E-state index >= 15 is 0 Å². The summed E-state index contributed by atoms with van der Waals surface area (Å²) in [6.45, 7) is 8.93. The van der Waals surface area contributed by atoms with Crippen molar-refractivity contribution in [3.8, 4) is 5.82 Å². The van der Waals surface area contributed by atoms with Gasteiger partial charge in [0.2, 0.25) is 0 Å². The van der Waals surface area contributed by atoms with Gasteiger partial charge in [-0.15, -0.1) is 4.80 Å². The van der Waals surface area contributed by atoms with Crippen molar-refractivity contribution in [3.05, 3.63) is 29.2 Å². The van der Waals surface area contributed by atoms with Crippen LogP contribution >= 0.6 is 21.6 Å². The molecule has 2 rings (SSSR count). The van der Waals surface area contributed by atoms with Crippen LogP contribution in [0.15, 0.2) is 18.5 Å². The molecule has 2 aromatic rings. The topological polar surface area (TPSA) is 69.6 Å². The van der Waals surface area contributed by atoms with Crippen molar-refractivity contribution in [2.45, 2.75) is 38.9 Å². The largest absolute Gasteiger partial charge is 0.397 e. The van der Waals surface area contributed by atoms with E-state index in [0.29, 0.717) is 21.3 Å². The first-order valence-electron chi connectivity index (χ1n) is 7.46. The van der Waals surface area contributed by atoms with Crippen LogP contribution in [0.2, 0.25) is 5.02 Å². The van der Waals surface area contributed by atoms with Crippen LogP contribution in [0.5, 0.6) is 0 Å². The lowest BCUT2D eigenvalue weighted by Gasteiger charge is -2.40. The van der Waals surface area contributed by atoms with Gasteiger partial charge in [-0.3, -0.25) is 0 Å². The zero-order valence-corrected chi connectivity index (χ0v) is 16.7. The molecule has 130 valence electrons. The summed E-state index contributed by atoms with van der Waals surface area (Å²) in [5, 5.41) is 8.71. The summed E-state index contributed by atoms with van der Waals surface area (Å²) < 4.78 is 0.521. The van der Waals surface area contributed by atoms with Gasteiger partial charge in [-0.1, -0.05) is 39.3 Å². The first-order valence-corrected chi connectivity index (χ1v) is 10.7. The summed E-state index contributed by atoms with van der Waals surface area (Å²) >= 11 is 5.97. The van der Waals surface area contributed by atoms with Crippen LogP contribution in [0.1, 0.15) is 33.4 Å². The lowest BCUT2D eigenvalue weighted by Crippen LogP contribution is -2.21. The van der Waals surface area contributed by atoms with E-state index in [4.69, 9.17) is 17.3 Å². The van der Waals surface area contributed by atoms with E-state index in [0.717, 1.165) is 12.1 Å². The second kappa shape index (κ2) is 7.53. The monoisotopic (exact) mass is 357 g/mol. The lowest BCUT2D eigenvalue weighted by atomic mass is 10.3. The van der Waals surface area contributed by atoms with E-state index in [9.17, 15) is 0 Å². The molecule has 0 aliphatic rings. The van der Waals surface area contributed by atoms with Crippen LogP contribution in [0.3, 0.4) is 0 Å². The summed E-state index contributed by atoms with van der Waals surface area (Å²) in [6, 6.07) is 1.62. The maximum absolute atomic E-state index is 5.97. The number of nitrogens with zero attached hydrogens (tertiary/aromatic N) is 4. The molecule has 0 fully saturated rings. The van der Waals surface area contributed by atoms with Gasteiger partial charge in [-0.25, -0.2) is 15.0 Å². The van der Waals surface area contributed by atoms with Crippen molar-refractivity contribution in [2.75, 3.05) is 24.5 Å². The molecule has 0 bridgehead atoms. The molecular formula is C16H28ClN5S. The van der Waals surface area contributed by atoms with Gasteiger partial charge in [0.25, 0.3) is 0 Å². The Kier molecular flexibility index (Phi) is 6.48. The molecule has 0 saturated heterocycles. The number of rotatable bonds is 2. The number of nitrogen functional groups attached to an aromatic ring is 1. The van der Waals surface area contributed by atoms with Gasteiger partial charge >= 0.3 is 0 Å². The van der Waals surface area contributed by atoms with E-state index in [-0.39, 0.29) is 10.0 Å². The van der Waals surface area contributed by atoms with Gasteiger partial charge in [0.15, 0.2) is 5.82 Å². The highest BCUT2D eigenvalue weighted by molar-refractivity contribution is 8.33. The first-order chi connectivity index (χ1) is 10.5. The maximum atomic E-state index is 5.97. The molecular weight excluding hydrogens is 330 g/mol. The third-order valence-corrected chi connectivity index (χ3v) is 7.72. The second-order valence-corrected chi connectivity index (χ2v) is 12.3. The number of aryl methyl sites for hydroxylation is 1. The molecule has 0 radical (unpaired) electrons. The van der Waals surface area contributed by atoms with Crippen molar-refractivity contribution >= 4 is 27.3 Å². The van der Waals surface area contributed by atoms with Crippen LogP contribution in [-0.2, 0) is 6.42 Å². The van der Waals surface area contributed by atoms with Gasteiger partial charge in [0, 0.05) is 0 Å². The molecule has 23 heavy (non-hydrogen) atoms. The average Bonchev–Trinajstić information content (AvgIpc) is 2.85. The number of nitrogens with two attached hydrogens (primary N) is 1. The van der Waals surface area contributed by atoms with Gasteiger partial charge in [0.05, 0.1) is 28.8 Å². The summed E-state index contributed by atoms with van der Waals surface area (Å²) in [4.78, 5) is 5.48. The molecule has 0 aromatic carbocycles. The Labute approximate surface area is 145 Å². The Hall–Kier alpha value is -1.27. The van der Waals surface area contributed by atoms with E-state index in [2.05, 4.69) is 54.7 Å². The molecule has 0 unspecified atom stereocenters. The molecule has 0 atom stereocenters. The van der Waals surface area contributed by atoms with Crippen molar-refractivity contribution in [2.24, 2.45) is 0 Å². The fraction of sp³-hybridized carbons (Fsp3) is 0.562. The normalized spacial score (nSPS) is 12.5. The molecule has 5 nitrogen and oxygen atoms in total. The zero-order valence-electron chi connectivity index (χ0n) is 15.1. The predicted octanol–water partition coefficient (Wildman–Crippen LogP) is 3.94. The fourth-order valence-electron chi connectivity index (χ4n) is 1.15. The average molecular weight is 358 g/mol. The minimum atomic E-state index is -0.340. The summed E-state index contributed by atoms with van der Waals surface area (Å²) in [7, 11) is -0.340. The van der Waals surface area contributed by atoms with Crippen LogP contribution < -0.4 is 5.73 Å². The summed E-state index contributed by atoms with van der Waals surface area (Å²) in [6.07, 6.45) is 11.1. The minimum absolute atomic E-state index is 0.340. The molecule has 7 heteroatoms. The van der Waals surface area contributed by atoms with Crippen LogP contribution in [0.25, 0.3) is 5.82 Å². The van der Waals surface area contributed by atoms with E-state index in [1.807, 2.05) is 6.92 Å². The minimum Gasteiger partial charge on any atom is -0.397 e. The van der Waals surface area contributed by atoms with Crippen LogP contribution in [0, 0.1) is 0 Å². The van der Waals surface area contributed by atoms with E-state index in [1.54, 1.807) is 12.3 Å². The van der Waals surface area contributed by atoms with Crippen molar-refractivity contribution < 1.29 is 0 Å². The Balaban J connectivity index is 0.000000284. The molecule has 0 saturated carbocycles. The molecule has 2 aromatic heterocycles. The second-order valence-electron chi connectivity index (χ2n) is 7.00. The van der Waals surface area contributed by atoms with Crippen molar-refractivity contribution in [1.29, 1.82) is 0 Å². The summed E-state index contributed by atoms with van der Waals surface area (Å²) in [5.74, 6) is 0.491. The Morgan fingerprint density at radius 3 is 2.17 bits per heavy atom. The van der Waals surface area contributed by atoms with Crippen LogP contribution in [-0.4, -0.2) is 43.5 Å². The lowest BCUT2D eigenvalue weighted by molar-refractivity contribution is 0.719. The number of hydrogen-bond donors (Lipinski definition) is 1. The molecule has 2 N–H and O–H groups in total. The third-order valence-electron chi connectivity index (χ3n) is 3.77. The molecule has 0 spiro atoms.